The number of carbonyl (C=O) groups is 1. The number of methoxy groups -OCH3 is 1. The molecule has 3 aliphatic heterocycles. The molecule has 1 amide bonds. The van der Waals surface area contributed by atoms with E-state index in [2.05, 4.69) is 4.90 Å². The number of amides is 1. The van der Waals surface area contributed by atoms with E-state index in [0.29, 0.717) is 18.6 Å². The summed E-state index contributed by atoms with van der Waals surface area (Å²) in [4.78, 5) is 17.7. The van der Waals surface area contributed by atoms with E-state index < -0.39 is 0 Å². The third-order valence-corrected chi connectivity index (χ3v) is 6.96. The molecule has 1 aromatic rings. The van der Waals surface area contributed by atoms with Crippen LogP contribution < -0.4 is 4.74 Å². The van der Waals surface area contributed by atoms with E-state index in [9.17, 15) is 4.79 Å². The molecule has 0 spiro atoms. The van der Waals surface area contributed by atoms with Crippen LogP contribution in [0.15, 0.2) is 24.3 Å². The molecule has 6 heteroatoms. The summed E-state index contributed by atoms with van der Waals surface area (Å²) in [6.45, 7) is 5.93. The highest BCUT2D eigenvalue weighted by Crippen LogP contribution is 2.27. The van der Waals surface area contributed by atoms with Crippen molar-refractivity contribution < 1.29 is 19.0 Å². The summed E-state index contributed by atoms with van der Waals surface area (Å²) in [5, 5.41) is 0. The van der Waals surface area contributed by atoms with Gasteiger partial charge in [0.25, 0.3) is 5.91 Å². The quantitative estimate of drug-likeness (QED) is 0.741. The minimum atomic E-state index is 0.110. The number of benzene rings is 1. The van der Waals surface area contributed by atoms with Gasteiger partial charge in [0.05, 0.1) is 6.10 Å². The monoisotopic (exact) mass is 416 g/mol. The van der Waals surface area contributed by atoms with Gasteiger partial charge < -0.3 is 19.1 Å². The molecular weight excluding hydrogens is 380 g/mol. The van der Waals surface area contributed by atoms with Crippen LogP contribution in [0.25, 0.3) is 0 Å². The normalized spacial score (nSPS) is 27.8. The van der Waals surface area contributed by atoms with E-state index in [1.165, 1.54) is 12.8 Å². The first-order valence-electron chi connectivity index (χ1n) is 11.6. The van der Waals surface area contributed by atoms with Crippen molar-refractivity contribution >= 4 is 5.91 Å². The number of fused-ring (bicyclic) bond motifs is 4. The van der Waals surface area contributed by atoms with E-state index >= 15 is 0 Å². The standard InChI is InChI=1S/C24H36N2O4/c1-28-23-8-12-26-18-20(23)5-2-3-11-25(21-9-14-29-15-10-21)13-16-30-22-7-4-6-19(17-22)24(26)27/h4,6-7,17,20-21,23H,2-3,5,8-16,18H2,1H3/t20-,23+/m1/s1. The van der Waals surface area contributed by atoms with E-state index in [1.807, 2.05) is 36.3 Å². The smallest absolute Gasteiger partial charge is 0.254 e. The molecule has 6 nitrogen and oxygen atoms in total. The molecule has 1 aromatic carbocycles. The van der Waals surface area contributed by atoms with E-state index in [0.717, 1.165) is 76.4 Å². The summed E-state index contributed by atoms with van der Waals surface area (Å²) in [5.74, 6) is 1.30. The maximum Gasteiger partial charge on any atom is 0.254 e. The maximum atomic E-state index is 13.1. The molecule has 0 unspecified atom stereocenters. The zero-order valence-electron chi connectivity index (χ0n) is 18.3. The predicted octanol–water partition coefficient (Wildman–Crippen LogP) is 3.21. The van der Waals surface area contributed by atoms with Crippen LogP contribution in [0.3, 0.4) is 0 Å². The number of hydrogen-bond donors (Lipinski definition) is 0. The summed E-state index contributed by atoms with van der Waals surface area (Å²) >= 11 is 0. The highest BCUT2D eigenvalue weighted by atomic mass is 16.5. The molecule has 0 saturated carbocycles. The molecule has 0 aliphatic carbocycles. The average molecular weight is 417 g/mol. The van der Waals surface area contributed by atoms with Crippen molar-refractivity contribution in [2.45, 2.75) is 50.7 Å². The summed E-state index contributed by atoms with van der Waals surface area (Å²) in [6, 6.07) is 8.27. The lowest BCUT2D eigenvalue weighted by molar-refractivity contribution is -0.00724. The molecule has 4 rings (SSSR count). The van der Waals surface area contributed by atoms with Gasteiger partial charge in [0, 0.05) is 57.5 Å². The summed E-state index contributed by atoms with van der Waals surface area (Å²) in [6.07, 6.45) is 6.83. The minimum Gasteiger partial charge on any atom is -0.492 e. The second-order valence-corrected chi connectivity index (χ2v) is 8.83. The first kappa shape index (κ1) is 21.6. The van der Waals surface area contributed by atoms with Crippen LogP contribution in [-0.4, -0.2) is 81.0 Å². The first-order valence-corrected chi connectivity index (χ1v) is 11.6. The molecule has 0 N–H and O–H groups in total. The lowest BCUT2D eigenvalue weighted by atomic mass is 9.89. The van der Waals surface area contributed by atoms with Gasteiger partial charge in [0.15, 0.2) is 0 Å². The van der Waals surface area contributed by atoms with Crippen molar-refractivity contribution in [1.29, 1.82) is 0 Å². The Morgan fingerprint density at radius 1 is 1.00 bits per heavy atom. The van der Waals surface area contributed by atoms with Gasteiger partial charge in [-0.3, -0.25) is 9.69 Å². The molecule has 30 heavy (non-hydrogen) atoms. The Labute approximate surface area is 180 Å². The third kappa shape index (κ3) is 5.34. The highest BCUT2D eigenvalue weighted by molar-refractivity contribution is 5.94. The fourth-order valence-corrected chi connectivity index (χ4v) is 5.21. The van der Waals surface area contributed by atoms with E-state index in [-0.39, 0.29) is 12.0 Å². The number of carbonyl (C=O) groups excluding carboxylic acids is 1. The van der Waals surface area contributed by atoms with Gasteiger partial charge in [-0.2, -0.15) is 0 Å². The van der Waals surface area contributed by atoms with Gasteiger partial charge in [-0.15, -0.1) is 0 Å². The molecule has 3 heterocycles. The molecule has 2 fully saturated rings. The van der Waals surface area contributed by atoms with Crippen LogP contribution in [0.1, 0.15) is 48.9 Å². The Balaban J connectivity index is 1.50. The van der Waals surface area contributed by atoms with Crippen LogP contribution in [0.4, 0.5) is 0 Å². The van der Waals surface area contributed by atoms with Gasteiger partial charge in [-0.05, 0) is 56.8 Å². The van der Waals surface area contributed by atoms with Crippen LogP contribution in [0.2, 0.25) is 0 Å². The van der Waals surface area contributed by atoms with Crippen LogP contribution in [-0.2, 0) is 9.47 Å². The van der Waals surface area contributed by atoms with Crippen molar-refractivity contribution in [3.63, 3.8) is 0 Å². The van der Waals surface area contributed by atoms with E-state index in [4.69, 9.17) is 14.2 Å². The van der Waals surface area contributed by atoms with E-state index in [1.54, 1.807) is 0 Å². The Morgan fingerprint density at radius 3 is 2.70 bits per heavy atom. The Bertz CT molecular complexity index is 692. The molecule has 4 bridgehead atoms. The van der Waals surface area contributed by atoms with Gasteiger partial charge in [0.2, 0.25) is 0 Å². The molecule has 2 saturated heterocycles. The predicted molar refractivity (Wildman–Crippen MR) is 116 cm³/mol. The maximum absolute atomic E-state index is 13.1. The lowest BCUT2D eigenvalue weighted by Gasteiger charge is -2.38. The van der Waals surface area contributed by atoms with Crippen molar-refractivity contribution in [3.8, 4) is 5.75 Å². The average Bonchev–Trinajstić information content (AvgIpc) is 2.80. The van der Waals surface area contributed by atoms with Crippen LogP contribution in [0.5, 0.6) is 5.75 Å². The zero-order valence-corrected chi connectivity index (χ0v) is 18.3. The second kappa shape index (κ2) is 10.6. The number of piperidine rings is 1. The van der Waals surface area contributed by atoms with Gasteiger partial charge in [-0.1, -0.05) is 12.5 Å². The first-order chi connectivity index (χ1) is 14.7. The Kier molecular flexibility index (Phi) is 7.63. The minimum absolute atomic E-state index is 0.110. The second-order valence-electron chi connectivity index (χ2n) is 8.83. The summed E-state index contributed by atoms with van der Waals surface area (Å²) in [7, 11) is 1.81. The fourth-order valence-electron chi connectivity index (χ4n) is 5.21. The number of ether oxygens (including phenoxy) is 3. The van der Waals surface area contributed by atoms with Crippen molar-refractivity contribution in [3.05, 3.63) is 29.8 Å². The lowest BCUT2D eigenvalue weighted by Crippen LogP contribution is -2.46. The summed E-state index contributed by atoms with van der Waals surface area (Å²) in [5.41, 5.74) is 0.721. The zero-order chi connectivity index (χ0) is 20.8. The molecular formula is C24H36N2O4. The molecule has 0 aromatic heterocycles. The van der Waals surface area contributed by atoms with Gasteiger partial charge >= 0.3 is 0 Å². The molecule has 166 valence electrons. The van der Waals surface area contributed by atoms with Crippen molar-refractivity contribution in [2.75, 3.05) is 53.1 Å². The molecule has 0 radical (unpaired) electrons. The number of hydrogen-bond acceptors (Lipinski definition) is 5. The largest absolute Gasteiger partial charge is 0.492 e. The van der Waals surface area contributed by atoms with Crippen LogP contribution in [0, 0.1) is 5.92 Å². The topological polar surface area (TPSA) is 51.2 Å². The number of rotatable bonds is 2. The number of nitrogens with zero attached hydrogens (tertiary/aromatic N) is 2. The molecule has 2 atom stereocenters. The fraction of sp³-hybridized carbons (Fsp3) is 0.708. The highest BCUT2D eigenvalue weighted by Gasteiger charge is 2.32. The molecule has 3 aliphatic rings. The van der Waals surface area contributed by atoms with Gasteiger partial charge in [-0.25, -0.2) is 0 Å². The van der Waals surface area contributed by atoms with Crippen molar-refractivity contribution in [1.82, 2.24) is 9.80 Å². The van der Waals surface area contributed by atoms with Crippen molar-refractivity contribution in [2.24, 2.45) is 5.92 Å². The summed E-state index contributed by atoms with van der Waals surface area (Å²) < 4.78 is 17.4. The van der Waals surface area contributed by atoms with Crippen LogP contribution >= 0.6 is 0 Å². The SMILES string of the molecule is CO[C@H]1CCN2C[C@H]1CCCCN(C1CCOCC1)CCOc1cccc(c1)C2=O. The Hall–Kier alpha value is -1.63. The Morgan fingerprint density at radius 2 is 1.87 bits per heavy atom. The van der Waals surface area contributed by atoms with Gasteiger partial charge in [0.1, 0.15) is 12.4 Å². The third-order valence-electron chi connectivity index (χ3n) is 6.96.